The van der Waals surface area contributed by atoms with E-state index in [1.165, 1.54) is 18.4 Å². The molecule has 1 aromatic rings. The van der Waals surface area contributed by atoms with Crippen molar-refractivity contribution in [2.45, 2.75) is 57.4 Å². The van der Waals surface area contributed by atoms with Crippen LogP contribution in [-0.2, 0) is 0 Å². The molecule has 0 bridgehead atoms. The summed E-state index contributed by atoms with van der Waals surface area (Å²) in [6.45, 7) is 2.03. The second kappa shape index (κ2) is 5.19. The van der Waals surface area contributed by atoms with Gasteiger partial charge in [0.25, 0.3) is 5.91 Å². The fourth-order valence-electron chi connectivity index (χ4n) is 2.58. The van der Waals surface area contributed by atoms with Gasteiger partial charge in [0.05, 0.1) is 5.69 Å². The Morgan fingerprint density at radius 3 is 3.00 bits per heavy atom. The maximum atomic E-state index is 12.1. The van der Waals surface area contributed by atoms with E-state index in [0.29, 0.717) is 11.7 Å². The maximum Gasteiger partial charge on any atom is 0.290 e. The van der Waals surface area contributed by atoms with Gasteiger partial charge in [0, 0.05) is 18.0 Å². The van der Waals surface area contributed by atoms with Crippen molar-refractivity contribution in [3.8, 4) is 0 Å². The van der Waals surface area contributed by atoms with Gasteiger partial charge >= 0.3 is 0 Å². The van der Waals surface area contributed by atoms with Crippen molar-refractivity contribution in [2.75, 3.05) is 0 Å². The van der Waals surface area contributed by atoms with E-state index in [-0.39, 0.29) is 11.9 Å². The normalized spacial score (nSPS) is 20.8. The number of nitrogens with zero attached hydrogens (tertiary/aromatic N) is 1. The monoisotopic (exact) mass is 260 g/mol. The van der Waals surface area contributed by atoms with E-state index in [9.17, 15) is 4.79 Å². The third-order valence-corrected chi connectivity index (χ3v) is 3.98. The molecule has 0 radical (unpaired) electrons. The lowest BCUT2D eigenvalue weighted by Gasteiger charge is -2.20. The molecule has 1 saturated carbocycles. The number of carbonyl (C=O) groups excluding carboxylic acids is 1. The van der Waals surface area contributed by atoms with Crippen molar-refractivity contribution in [1.29, 1.82) is 0 Å². The minimum atomic E-state index is -0.154. The summed E-state index contributed by atoms with van der Waals surface area (Å²) in [5.74, 6) is 0.701. The first-order chi connectivity index (χ1) is 9.24. The predicted octanol–water partition coefficient (Wildman–Crippen LogP) is 3.17. The molecule has 3 rings (SSSR count). The molecule has 0 spiro atoms. The van der Waals surface area contributed by atoms with Crippen LogP contribution in [0.5, 0.6) is 0 Å². The molecule has 1 atom stereocenters. The highest BCUT2D eigenvalue weighted by Gasteiger charge is 2.28. The molecule has 1 heterocycles. The first-order valence-corrected chi connectivity index (χ1v) is 7.20. The van der Waals surface area contributed by atoms with Gasteiger partial charge in [-0.2, -0.15) is 0 Å². The summed E-state index contributed by atoms with van der Waals surface area (Å²) in [6.07, 6.45) is 9.28. The third kappa shape index (κ3) is 2.88. The zero-order valence-corrected chi connectivity index (χ0v) is 11.3. The van der Waals surface area contributed by atoms with Gasteiger partial charge in [-0.3, -0.25) is 4.79 Å². The molecule has 2 aliphatic carbocycles. The first-order valence-electron chi connectivity index (χ1n) is 7.20. The van der Waals surface area contributed by atoms with Crippen LogP contribution in [0.2, 0.25) is 0 Å². The quantitative estimate of drug-likeness (QED) is 0.846. The highest BCUT2D eigenvalue weighted by atomic mass is 16.5. The van der Waals surface area contributed by atoms with Crippen molar-refractivity contribution in [2.24, 2.45) is 0 Å². The van der Waals surface area contributed by atoms with Crippen LogP contribution in [0.1, 0.15) is 67.6 Å². The summed E-state index contributed by atoms with van der Waals surface area (Å²) < 4.78 is 5.13. The van der Waals surface area contributed by atoms with E-state index >= 15 is 0 Å². The molecule has 1 amide bonds. The number of aromatic nitrogens is 1. The molecular formula is C15H20N2O2. The Balaban J connectivity index is 1.61. The second-order valence-electron chi connectivity index (χ2n) is 5.61. The zero-order valence-electron chi connectivity index (χ0n) is 11.3. The Labute approximate surface area is 113 Å². The maximum absolute atomic E-state index is 12.1. The van der Waals surface area contributed by atoms with Crippen molar-refractivity contribution in [3.05, 3.63) is 29.2 Å². The van der Waals surface area contributed by atoms with Crippen LogP contribution in [0.25, 0.3) is 0 Å². The minimum Gasteiger partial charge on any atom is -0.351 e. The average Bonchev–Trinajstić information content (AvgIpc) is 3.17. The number of carbonyl (C=O) groups is 1. The van der Waals surface area contributed by atoms with E-state index in [0.717, 1.165) is 31.4 Å². The predicted molar refractivity (Wildman–Crippen MR) is 72.0 cm³/mol. The van der Waals surface area contributed by atoms with Crippen molar-refractivity contribution in [1.82, 2.24) is 10.5 Å². The van der Waals surface area contributed by atoms with Crippen LogP contribution in [-0.4, -0.2) is 17.1 Å². The lowest BCUT2D eigenvalue weighted by molar-refractivity contribution is 0.0907. The first kappa shape index (κ1) is 12.5. The lowest BCUT2D eigenvalue weighted by atomic mass is 9.95. The van der Waals surface area contributed by atoms with Gasteiger partial charge in [-0.05, 0) is 45.4 Å². The van der Waals surface area contributed by atoms with Crippen molar-refractivity contribution >= 4 is 5.91 Å². The summed E-state index contributed by atoms with van der Waals surface area (Å²) in [6, 6.07) is 1.87. The Morgan fingerprint density at radius 2 is 2.32 bits per heavy atom. The van der Waals surface area contributed by atoms with Gasteiger partial charge in [-0.15, -0.1) is 0 Å². The molecular weight excluding hydrogens is 240 g/mol. The highest BCUT2D eigenvalue weighted by Crippen LogP contribution is 2.39. The molecule has 4 heteroatoms. The summed E-state index contributed by atoms with van der Waals surface area (Å²) in [5.41, 5.74) is 2.26. The van der Waals surface area contributed by atoms with E-state index in [4.69, 9.17) is 4.52 Å². The third-order valence-electron chi connectivity index (χ3n) is 3.98. The number of amides is 1. The van der Waals surface area contributed by atoms with Crippen LogP contribution in [0.3, 0.4) is 0 Å². The van der Waals surface area contributed by atoms with Gasteiger partial charge in [-0.25, -0.2) is 0 Å². The summed E-state index contributed by atoms with van der Waals surface area (Å²) >= 11 is 0. The Bertz CT molecular complexity index is 500. The Kier molecular flexibility index (Phi) is 3.40. The smallest absolute Gasteiger partial charge is 0.290 e. The standard InChI is InChI=1S/C15H20N2O2/c1-10(11-5-3-2-4-6-11)16-15(18)14-9-13(17-19-14)12-7-8-12/h5,9-10,12H,2-4,6-8H2,1H3,(H,16,18). The fourth-order valence-corrected chi connectivity index (χ4v) is 2.58. The van der Waals surface area contributed by atoms with Crippen LogP contribution in [0, 0.1) is 0 Å². The number of hydrogen-bond acceptors (Lipinski definition) is 3. The molecule has 0 saturated heterocycles. The summed E-state index contributed by atoms with van der Waals surface area (Å²) in [7, 11) is 0. The minimum absolute atomic E-state index is 0.0854. The van der Waals surface area contributed by atoms with Crippen LogP contribution in [0.4, 0.5) is 0 Å². The largest absolute Gasteiger partial charge is 0.351 e. The Morgan fingerprint density at radius 1 is 1.47 bits per heavy atom. The van der Waals surface area contributed by atoms with Crippen LogP contribution in [0.15, 0.2) is 22.2 Å². The van der Waals surface area contributed by atoms with E-state index in [2.05, 4.69) is 16.5 Å². The van der Waals surface area contributed by atoms with Gasteiger partial charge < -0.3 is 9.84 Å². The number of allylic oxidation sites excluding steroid dienone is 1. The molecule has 1 N–H and O–H groups in total. The second-order valence-corrected chi connectivity index (χ2v) is 5.61. The van der Waals surface area contributed by atoms with E-state index < -0.39 is 0 Å². The van der Waals surface area contributed by atoms with Gasteiger partial charge in [-0.1, -0.05) is 16.8 Å². The molecule has 2 aliphatic rings. The summed E-state index contributed by atoms with van der Waals surface area (Å²) in [5, 5.41) is 6.97. The lowest BCUT2D eigenvalue weighted by Crippen LogP contribution is -2.34. The molecule has 1 aromatic heterocycles. The molecule has 0 aromatic carbocycles. The molecule has 102 valence electrons. The SMILES string of the molecule is CC(NC(=O)c1cc(C2CC2)no1)C1=CCCCC1. The van der Waals surface area contributed by atoms with E-state index in [1.54, 1.807) is 6.07 Å². The average molecular weight is 260 g/mol. The molecule has 19 heavy (non-hydrogen) atoms. The molecule has 0 aliphatic heterocycles. The molecule has 4 nitrogen and oxygen atoms in total. The number of rotatable bonds is 4. The Hall–Kier alpha value is -1.58. The molecule has 1 fully saturated rings. The zero-order chi connectivity index (χ0) is 13.2. The van der Waals surface area contributed by atoms with Crippen molar-refractivity contribution < 1.29 is 9.32 Å². The van der Waals surface area contributed by atoms with Gasteiger partial charge in [0.1, 0.15) is 0 Å². The van der Waals surface area contributed by atoms with Crippen molar-refractivity contribution in [3.63, 3.8) is 0 Å². The topological polar surface area (TPSA) is 55.1 Å². The number of hydrogen-bond donors (Lipinski definition) is 1. The van der Waals surface area contributed by atoms with Crippen LogP contribution >= 0.6 is 0 Å². The highest BCUT2D eigenvalue weighted by molar-refractivity contribution is 5.91. The van der Waals surface area contributed by atoms with E-state index in [1.807, 2.05) is 6.92 Å². The fraction of sp³-hybridized carbons (Fsp3) is 0.600. The van der Waals surface area contributed by atoms with Crippen LogP contribution < -0.4 is 5.32 Å². The molecule has 1 unspecified atom stereocenters. The number of nitrogens with one attached hydrogen (secondary N) is 1. The van der Waals surface area contributed by atoms with Gasteiger partial charge in [0.15, 0.2) is 0 Å². The summed E-state index contributed by atoms with van der Waals surface area (Å²) in [4.78, 5) is 12.1. The van der Waals surface area contributed by atoms with Gasteiger partial charge in [0.2, 0.25) is 5.76 Å².